The first kappa shape index (κ1) is 23.6. The third kappa shape index (κ3) is 7.25. The number of nitrogens with one attached hydrogen (secondary N) is 2. The van der Waals surface area contributed by atoms with Gasteiger partial charge in [0, 0.05) is 0 Å². The van der Waals surface area contributed by atoms with Crippen molar-refractivity contribution in [3.05, 3.63) is 54.1 Å². The van der Waals surface area contributed by atoms with Crippen LogP contribution in [-0.4, -0.2) is 43.7 Å². The molecule has 2 amide bonds. The number of carbonyl (C=O) groups excluding carboxylic acids is 3. The summed E-state index contributed by atoms with van der Waals surface area (Å²) in [4.78, 5) is 36.5. The van der Waals surface area contributed by atoms with Crippen LogP contribution in [0.25, 0.3) is 0 Å². The molecule has 0 fully saturated rings. The van der Waals surface area contributed by atoms with Gasteiger partial charge in [0.1, 0.15) is 18.0 Å². The van der Waals surface area contributed by atoms with Crippen LogP contribution in [-0.2, 0) is 14.3 Å². The third-order valence-electron chi connectivity index (χ3n) is 3.86. The lowest BCUT2D eigenvalue weighted by atomic mass is 10.2. The number of hydrogen-bond donors (Lipinski definition) is 2. The number of rotatable bonds is 10. The minimum Gasteiger partial charge on any atom is -0.493 e. The maximum Gasteiger partial charge on any atom is 0.387 e. The van der Waals surface area contributed by atoms with Crippen LogP contribution in [0.4, 0.5) is 14.5 Å². The average molecular weight is 436 g/mol. The minimum absolute atomic E-state index is 0.00321. The summed E-state index contributed by atoms with van der Waals surface area (Å²) in [6.45, 7) is -0.108. The van der Waals surface area contributed by atoms with E-state index in [2.05, 4.69) is 15.4 Å². The zero-order valence-electron chi connectivity index (χ0n) is 16.9. The molecule has 1 unspecified atom stereocenters. The van der Waals surface area contributed by atoms with Gasteiger partial charge >= 0.3 is 12.6 Å². The molecule has 0 radical (unpaired) electrons. The first-order valence-electron chi connectivity index (χ1n) is 9.36. The summed E-state index contributed by atoms with van der Waals surface area (Å²) in [5, 5.41) is 4.75. The van der Waals surface area contributed by atoms with E-state index < -0.39 is 37.0 Å². The van der Waals surface area contributed by atoms with Gasteiger partial charge in [-0.05, 0) is 38.1 Å². The zero-order valence-corrected chi connectivity index (χ0v) is 16.9. The lowest BCUT2D eigenvalue weighted by Gasteiger charge is -2.16. The largest absolute Gasteiger partial charge is 0.493 e. The predicted octanol–water partition coefficient (Wildman–Crippen LogP) is 2.99. The molecular weight excluding hydrogens is 414 g/mol. The number of hydrogen-bond acceptors (Lipinski definition) is 6. The molecule has 0 heterocycles. The van der Waals surface area contributed by atoms with E-state index in [1.54, 1.807) is 31.2 Å². The Kier molecular flexibility index (Phi) is 8.74. The van der Waals surface area contributed by atoms with Gasteiger partial charge in [0.15, 0.2) is 6.10 Å². The van der Waals surface area contributed by atoms with Crippen LogP contribution in [0.15, 0.2) is 48.5 Å². The number of halogens is 2. The molecule has 31 heavy (non-hydrogen) atoms. The molecule has 166 valence electrons. The summed E-state index contributed by atoms with van der Waals surface area (Å²) < 4.78 is 39.6. The van der Waals surface area contributed by atoms with Gasteiger partial charge in [-0.1, -0.05) is 24.3 Å². The van der Waals surface area contributed by atoms with Crippen molar-refractivity contribution in [1.29, 1.82) is 0 Å². The average Bonchev–Trinajstić information content (AvgIpc) is 2.73. The Morgan fingerprint density at radius 1 is 1.00 bits per heavy atom. The summed E-state index contributed by atoms with van der Waals surface area (Å²) in [5.41, 5.74) is 0.245. The standard InChI is InChI=1S/C21H22F2N2O6/c1-3-29-16-10-6-4-8-14(16)20(28)24-12-18(26)30-13(2)19(27)25-15-9-5-7-11-17(15)31-21(22)23/h4-11,13,21H,3,12H2,1-2H3,(H,24,28)(H,25,27). The van der Waals surface area contributed by atoms with E-state index in [1.807, 2.05) is 0 Å². The van der Waals surface area contributed by atoms with Crippen molar-refractivity contribution in [1.82, 2.24) is 5.32 Å². The van der Waals surface area contributed by atoms with Crippen molar-refractivity contribution < 1.29 is 37.4 Å². The maximum atomic E-state index is 12.5. The molecule has 0 aliphatic heterocycles. The van der Waals surface area contributed by atoms with Gasteiger partial charge in [0.25, 0.3) is 11.8 Å². The molecule has 2 N–H and O–H groups in total. The Bertz CT molecular complexity index is 922. The Morgan fingerprint density at radius 2 is 1.65 bits per heavy atom. The molecule has 0 saturated carbocycles. The monoisotopic (exact) mass is 436 g/mol. The second-order valence-corrected chi connectivity index (χ2v) is 6.11. The number of benzene rings is 2. The van der Waals surface area contributed by atoms with Gasteiger partial charge in [-0.2, -0.15) is 8.78 Å². The van der Waals surface area contributed by atoms with Crippen LogP contribution in [0.1, 0.15) is 24.2 Å². The summed E-state index contributed by atoms with van der Waals surface area (Å²) >= 11 is 0. The molecule has 2 rings (SSSR count). The highest BCUT2D eigenvalue weighted by molar-refractivity contribution is 5.99. The Labute approximate surface area is 177 Å². The molecular formula is C21H22F2N2O6. The molecule has 0 spiro atoms. The topological polar surface area (TPSA) is 103 Å². The highest BCUT2D eigenvalue weighted by Crippen LogP contribution is 2.25. The first-order valence-corrected chi connectivity index (χ1v) is 9.36. The highest BCUT2D eigenvalue weighted by Gasteiger charge is 2.21. The van der Waals surface area contributed by atoms with Crippen molar-refractivity contribution in [2.24, 2.45) is 0 Å². The van der Waals surface area contributed by atoms with Gasteiger partial charge in [0.2, 0.25) is 0 Å². The van der Waals surface area contributed by atoms with E-state index in [1.165, 1.54) is 31.2 Å². The predicted molar refractivity (Wildman–Crippen MR) is 107 cm³/mol. The number of esters is 1. The molecule has 1 atom stereocenters. The molecule has 2 aromatic rings. The fraction of sp³-hybridized carbons (Fsp3) is 0.286. The summed E-state index contributed by atoms with van der Waals surface area (Å²) in [7, 11) is 0. The smallest absolute Gasteiger partial charge is 0.387 e. The van der Waals surface area contributed by atoms with Crippen molar-refractivity contribution in [3.8, 4) is 11.5 Å². The fourth-order valence-electron chi connectivity index (χ4n) is 2.48. The van der Waals surface area contributed by atoms with Gasteiger partial charge in [-0.3, -0.25) is 14.4 Å². The SMILES string of the molecule is CCOc1ccccc1C(=O)NCC(=O)OC(C)C(=O)Nc1ccccc1OC(F)F. The van der Waals surface area contributed by atoms with Gasteiger partial charge in [0.05, 0.1) is 17.9 Å². The van der Waals surface area contributed by atoms with Crippen LogP contribution in [0.2, 0.25) is 0 Å². The van der Waals surface area contributed by atoms with Crippen molar-refractivity contribution >= 4 is 23.5 Å². The lowest BCUT2D eigenvalue weighted by molar-refractivity contribution is -0.152. The number of para-hydroxylation sites is 3. The molecule has 0 aliphatic carbocycles. The molecule has 0 aromatic heterocycles. The quantitative estimate of drug-likeness (QED) is 0.555. The number of amides is 2. The summed E-state index contributed by atoms with van der Waals surface area (Å²) in [6, 6.07) is 12.1. The second-order valence-electron chi connectivity index (χ2n) is 6.11. The van der Waals surface area contributed by atoms with E-state index >= 15 is 0 Å². The van der Waals surface area contributed by atoms with E-state index in [4.69, 9.17) is 9.47 Å². The second kappa shape index (κ2) is 11.5. The van der Waals surface area contributed by atoms with Gasteiger partial charge < -0.3 is 24.8 Å². The number of ether oxygens (including phenoxy) is 3. The van der Waals surface area contributed by atoms with Crippen molar-refractivity contribution in [3.63, 3.8) is 0 Å². The molecule has 10 heteroatoms. The van der Waals surface area contributed by atoms with Crippen molar-refractivity contribution in [2.45, 2.75) is 26.6 Å². The molecule has 8 nitrogen and oxygen atoms in total. The van der Waals surface area contributed by atoms with E-state index in [0.717, 1.165) is 0 Å². The van der Waals surface area contributed by atoms with Crippen molar-refractivity contribution in [2.75, 3.05) is 18.5 Å². The zero-order chi connectivity index (χ0) is 22.8. The maximum absolute atomic E-state index is 12.5. The van der Waals surface area contributed by atoms with Crippen LogP contribution in [0, 0.1) is 0 Å². The van der Waals surface area contributed by atoms with Crippen LogP contribution in [0.5, 0.6) is 11.5 Å². The number of alkyl halides is 2. The molecule has 0 aliphatic rings. The molecule has 2 aromatic carbocycles. The first-order chi connectivity index (χ1) is 14.8. The van der Waals surface area contributed by atoms with E-state index in [0.29, 0.717) is 12.4 Å². The van der Waals surface area contributed by atoms with Crippen LogP contribution in [0.3, 0.4) is 0 Å². The Balaban J connectivity index is 1.88. The number of anilines is 1. The minimum atomic E-state index is -3.07. The Hall–Kier alpha value is -3.69. The van der Waals surface area contributed by atoms with Crippen LogP contribution >= 0.6 is 0 Å². The molecule has 0 saturated heterocycles. The summed E-state index contributed by atoms with van der Waals surface area (Å²) in [5.74, 6) is -2.03. The third-order valence-corrected chi connectivity index (χ3v) is 3.86. The lowest BCUT2D eigenvalue weighted by Crippen LogP contribution is -2.36. The summed E-state index contributed by atoms with van der Waals surface area (Å²) in [6.07, 6.45) is -1.25. The number of carbonyl (C=O) groups is 3. The van der Waals surface area contributed by atoms with Gasteiger partial charge in [-0.25, -0.2) is 0 Å². The fourth-order valence-corrected chi connectivity index (χ4v) is 2.48. The Morgan fingerprint density at radius 3 is 2.32 bits per heavy atom. The van der Waals surface area contributed by atoms with E-state index in [9.17, 15) is 23.2 Å². The molecule has 0 bridgehead atoms. The van der Waals surface area contributed by atoms with Gasteiger partial charge in [-0.15, -0.1) is 0 Å². The van der Waals surface area contributed by atoms with Crippen LogP contribution < -0.4 is 20.1 Å². The highest BCUT2D eigenvalue weighted by atomic mass is 19.3. The van der Waals surface area contributed by atoms with E-state index in [-0.39, 0.29) is 17.0 Å². The normalized spacial score (nSPS) is 11.4.